The summed E-state index contributed by atoms with van der Waals surface area (Å²) in [4.78, 5) is 1.43. The SMILES string of the molecule is CCCNC(Cc1cccs1)Cc1cc(Br)ccc1OC. The fraction of sp³-hybridized carbons (Fsp3) is 0.412. The first-order valence-electron chi connectivity index (χ1n) is 7.31. The van der Waals surface area contributed by atoms with Crippen LogP contribution in [0.5, 0.6) is 5.75 Å². The average Bonchev–Trinajstić information content (AvgIpc) is 2.98. The number of benzene rings is 1. The summed E-state index contributed by atoms with van der Waals surface area (Å²) in [5, 5.41) is 5.81. The number of thiophene rings is 1. The summed E-state index contributed by atoms with van der Waals surface area (Å²) < 4.78 is 6.60. The second kappa shape index (κ2) is 8.57. The molecule has 0 aliphatic heterocycles. The molecule has 114 valence electrons. The van der Waals surface area contributed by atoms with E-state index in [1.54, 1.807) is 7.11 Å². The lowest BCUT2D eigenvalue weighted by Crippen LogP contribution is -2.33. The van der Waals surface area contributed by atoms with E-state index in [2.05, 4.69) is 51.7 Å². The molecule has 4 heteroatoms. The van der Waals surface area contributed by atoms with E-state index in [1.807, 2.05) is 23.5 Å². The summed E-state index contributed by atoms with van der Waals surface area (Å²) in [6.45, 7) is 3.25. The van der Waals surface area contributed by atoms with Crippen molar-refractivity contribution in [2.24, 2.45) is 0 Å². The van der Waals surface area contributed by atoms with Gasteiger partial charge in [-0.05, 0) is 61.0 Å². The van der Waals surface area contributed by atoms with E-state index in [0.717, 1.165) is 36.0 Å². The molecule has 1 aromatic heterocycles. The lowest BCUT2D eigenvalue weighted by atomic mass is 10.0. The normalized spacial score (nSPS) is 12.3. The quantitative estimate of drug-likeness (QED) is 0.731. The first kappa shape index (κ1) is 16.5. The molecular formula is C17H22BrNOS. The van der Waals surface area contributed by atoms with E-state index >= 15 is 0 Å². The van der Waals surface area contributed by atoms with Crippen molar-refractivity contribution in [2.45, 2.75) is 32.2 Å². The fourth-order valence-electron chi connectivity index (χ4n) is 2.41. The van der Waals surface area contributed by atoms with Gasteiger partial charge in [0.05, 0.1) is 7.11 Å². The summed E-state index contributed by atoms with van der Waals surface area (Å²) in [5.41, 5.74) is 1.25. The van der Waals surface area contributed by atoms with Crippen LogP contribution in [0.25, 0.3) is 0 Å². The molecule has 0 fully saturated rings. The Morgan fingerprint density at radius 2 is 2.14 bits per heavy atom. The van der Waals surface area contributed by atoms with Crippen LogP contribution < -0.4 is 10.1 Å². The van der Waals surface area contributed by atoms with Crippen LogP contribution in [0.4, 0.5) is 0 Å². The Bertz CT molecular complexity index is 542. The van der Waals surface area contributed by atoms with Gasteiger partial charge in [-0.3, -0.25) is 0 Å². The first-order valence-corrected chi connectivity index (χ1v) is 8.98. The minimum Gasteiger partial charge on any atom is -0.496 e. The molecule has 0 amide bonds. The van der Waals surface area contributed by atoms with E-state index in [4.69, 9.17) is 4.74 Å². The maximum Gasteiger partial charge on any atom is 0.122 e. The molecule has 1 aromatic carbocycles. The maximum atomic E-state index is 5.49. The van der Waals surface area contributed by atoms with E-state index < -0.39 is 0 Å². The van der Waals surface area contributed by atoms with Crippen LogP contribution in [0.15, 0.2) is 40.2 Å². The Kier molecular flexibility index (Phi) is 6.74. The summed E-state index contributed by atoms with van der Waals surface area (Å²) in [6.07, 6.45) is 3.18. The highest BCUT2D eigenvalue weighted by Gasteiger charge is 2.14. The Morgan fingerprint density at radius 1 is 1.29 bits per heavy atom. The van der Waals surface area contributed by atoms with Crippen molar-refractivity contribution in [1.29, 1.82) is 0 Å². The van der Waals surface area contributed by atoms with Crippen molar-refractivity contribution in [1.82, 2.24) is 5.32 Å². The Labute approximate surface area is 139 Å². The van der Waals surface area contributed by atoms with Gasteiger partial charge in [0.1, 0.15) is 5.75 Å². The average molecular weight is 368 g/mol. The van der Waals surface area contributed by atoms with Crippen molar-refractivity contribution in [3.8, 4) is 5.75 Å². The predicted molar refractivity (Wildman–Crippen MR) is 94.5 cm³/mol. The van der Waals surface area contributed by atoms with Gasteiger partial charge in [-0.25, -0.2) is 0 Å². The number of methoxy groups -OCH3 is 1. The summed E-state index contributed by atoms with van der Waals surface area (Å²) in [6, 6.07) is 11.0. The van der Waals surface area contributed by atoms with Gasteiger partial charge in [-0.15, -0.1) is 11.3 Å². The van der Waals surface area contributed by atoms with E-state index in [9.17, 15) is 0 Å². The first-order chi connectivity index (χ1) is 10.2. The van der Waals surface area contributed by atoms with Gasteiger partial charge < -0.3 is 10.1 Å². The molecule has 2 nitrogen and oxygen atoms in total. The second-order valence-electron chi connectivity index (χ2n) is 5.09. The maximum absolute atomic E-state index is 5.49. The molecule has 1 unspecified atom stereocenters. The number of ether oxygens (including phenoxy) is 1. The van der Waals surface area contributed by atoms with Crippen molar-refractivity contribution < 1.29 is 4.74 Å². The third-order valence-electron chi connectivity index (χ3n) is 3.42. The zero-order valence-corrected chi connectivity index (χ0v) is 15.0. The summed E-state index contributed by atoms with van der Waals surface area (Å²) >= 11 is 5.38. The molecule has 0 aliphatic rings. The van der Waals surface area contributed by atoms with Crippen LogP contribution in [0.2, 0.25) is 0 Å². The molecule has 1 heterocycles. The number of nitrogens with one attached hydrogen (secondary N) is 1. The van der Waals surface area contributed by atoms with Gasteiger partial charge >= 0.3 is 0 Å². The fourth-order valence-corrected chi connectivity index (χ4v) is 3.60. The number of halogens is 1. The molecule has 0 spiro atoms. The van der Waals surface area contributed by atoms with Crippen LogP contribution in [-0.4, -0.2) is 19.7 Å². The smallest absolute Gasteiger partial charge is 0.122 e. The topological polar surface area (TPSA) is 21.3 Å². The Balaban J connectivity index is 2.11. The molecule has 0 radical (unpaired) electrons. The van der Waals surface area contributed by atoms with Gasteiger partial charge in [-0.1, -0.05) is 28.9 Å². The van der Waals surface area contributed by atoms with Gasteiger partial charge in [-0.2, -0.15) is 0 Å². The van der Waals surface area contributed by atoms with Gasteiger partial charge in [0.25, 0.3) is 0 Å². The molecule has 1 N–H and O–H groups in total. The van der Waals surface area contributed by atoms with E-state index in [0.29, 0.717) is 6.04 Å². The highest BCUT2D eigenvalue weighted by atomic mass is 79.9. The standard InChI is InChI=1S/C17H22BrNOS/c1-3-8-19-15(12-16-5-4-9-21-16)11-13-10-14(18)6-7-17(13)20-2/h4-7,9-10,15,19H,3,8,11-12H2,1-2H3. The highest BCUT2D eigenvalue weighted by molar-refractivity contribution is 9.10. The van der Waals surface area contributed by atoms with Crippen LogP contribution >= 0.6 is 27.3 Å². The number of hydrogen-bond donors (Lipinski definition) is 1. The minimum absolute atomic E-state index is 0.437. The lowest BCUT2D eigenvalue weighted by Gasteiger charge is -2.19. The highest BCUT2D eigenvalue weighted by Crippen LogP contribution is 2.25. The zero-order chi connectivity index (χ0) is 15.1. The second-order valence-corrected chi connectivity index (χ2v) is 7.04. The zero-order valence-electron chi connectivity index (χ0n) is 12.6. The van der Waals surface area contributed by atoms with Crippen molar-refractivity contribution in [3.63, 3.8) is 0 Å². The van der Waals surface area contributed by atoms with Crippen molar-refractivity contribution >= 4 is 27.3 Å². The van der Waals surface area contributed by atoms with E-state index in [-0.39, 0.29) is 0 Å². The number of hydrogen-bond acceptors (Lipinski definition) is 3. The molecule has 0 saturated carbocycles. The van der Waals surface area contributed by atoms with Crippen LogP contribution in [0.3, 0.4) is 0 Å². The molecule has 0 bridgehead atoms. The van der Waals surface area contributed by atoms with Crippen molar-refractivity contribution in [3.05, 3.63) is 50.6 Å². The third kappa shape index (κ3) is 5.13. The van der Waals surface area contributed by atoms with Crippen molar-refractivity contribution in [2.75, 3.05) is 13.7 Å². The van der Waals surface area contributed by atoms with Crippen LogP contribution in [-0.2, 0) is 12.8 Å². The largest absolute Gasteiger partial charge is 0.496 e. The molecule has 2 rings (SSSR count). The summed E-state index contributed by atoms with van der Waals surface area (Å²) in [7, 11) is 1.74. The lowest BCUT2D eigenvalue weighted by molar-refractivity contribution is 0.404. The van der Waals surface area contributed by atoms with Gasteiger partial charge in [0.15, 0.2) is 0 Å². The molecule has 21 heavy (non-hydrogen) atoms. The minimum atomic E-state index is 0.437. The van der Waals surface area contributed by atoms with E-state index in [1.165, 1.54) is 10.4 Å². The third-order valence-corrected chi connectivity index (χ3v) is 4.81. The molecule has 2 aromatic rings. The molecule has 1 atom stereocenters. The monoisotopic (exact) mass is 367 g/mol. The van der Waals surface area contributed by atoms with Crippen LogP contribution in [0.1, 0.15) is 23.8 Å². The summed E-state index contributed by atoms with van der Waals surface area (Å²) in [5.74, 6) is 0.965. The Hall–Kier alpha value is -0.840. The van der Waals surface area contributed by atoms with Crippen LogP contribution in [0, 0.1) is 0 Å². The number of rotatable bonds is 8. The molecular weight excluding hydrogens is 346 g/mol. The molecule has 0 saturated heterocycles. The Morgan fingerprint density at radius 3 is 2.81 bits per heavy atom. The van der Waals surface area contributed by atoms with Gasteiger partial charge in [0.2, 0.25) is 0 Å². The molecule has 0 aliphatic carbocycles. The van der Waals surface area contributed by atoms with Gasteiger partial charge in [0, 0.05) is 15.4 Å². The predicted octanol–water partition coefficient (Wildman–Crippen LogP) is 4.67.